The molecule has 320 valence electrons. The van der Waals surface area contributed by atoms with Crippen LogP contribution in [0.3, 0.4) is 0 Å². The van der Waals surface area contributed by atoms with Crippen LogP contribution in [-0.4, -0.2) is 42.8 Å². The first-order valence-corrected chi connectivity index (χ1v) is 22.7. The molecule has 0 radical (unpaired) electrons. The third-order valence-corrected chi connectivity index (χ3v) is 15.4. The summed E-state index contributed by atoms with van der Waals surface area (Å²) in [6.07, 6.45) is 7.79. The van der Waals surface area contributed by atoms with E-state index in [1.54, 1.807) is 12.1 Å². The van der Waals surface area contributed by atoms with E-state index >= 15 is 0 Å². The summed E-state index contributed by atoms with van der Waals surface area (Å²) in [5.74, 6) is 1.05. The average Bonchev–Trinajstić information content (AvgIpc) is 3.52. The topological polar surface area (TPSA) is 121 Å². The fourth-order valence-corrected chi connectivity index (χ4v) is 12.4. The summed E-state index contributed by atoms with van der Waals surface area (Å²) < 4.78 is 0. The van der Waals surface area contributed by atoms with Crippen LogP contribution in [0.2, 0.25) is 0 Å². The number of phenolic OH excluding ortho intramolecular Hbond substituents is 2. The predicted octanol–water partition coefficient (Wildman–Crippen LogP) is 9.74. The molecule has 2 saturated carbocycles. The second-order valence-corrected chi connectivity index (χ2v) is 18.9. The molecule has 4 aliphatic carbocycles. The van der Waals surface area contributed by atoms with Gasteiger partial charge in [-0.1, -0.05) is 133 Å². The van der Waals surface area contributed by atoms with Gasteiger partial charge in [0.1, 0.15) is 22.7 Å². The van der Waals surface area contributed by atoms with Crippen LogP contribution < -0.4 is 0 Å². The fraction of sp³-hybridized carbons (Fsp3) is 0.357. The van der Waals surface area contributed by atoms with Crippen molar-refractivity contribution < 1.29 is 30.6 Å². The summed E-state index contributed by atoms with van der Waals surface area (Å²) >= 11 is 0. The smallest absolute Gasteiger partial charge is 0.116 e. The van der Waals surface area contributed by atoms with Gasteiger partial charge in [-0.05, 0) is 158 Å². The number of aromatic hydroxyl groups is 2. The Morgan fingerprint density at radius 3 is 1.16 bits per heavy atom. The van der Waals surface area contributed by atoms with Gasteiger partial charge in [-0.2, -0.15) is 0 Å². The summed E-state index contributed by atoms with van der Waals surface area (Å²) in [6.45, 7) is 0. The molecule has 6 nitrogen and oxygen atoms in total. The molecule has 4 aliphatic rings. The Morgan fingerprint density at radius 2 is 0.790 bits per heavy atom. The first-order valence-electron chi connectivity index (χ1n) is 22.7. The number of hydrogen-bond acceptors (Lipinski definition) is 6. The van der Waals surface area contributed by atoms with Crippen molar-refractivity contribution in [1.82, 2.24) is 0 Å². The highest BCUT2D eigenvalue weighted by Gasteiger charge is 2.57. The highest BCUT2D eigenvalue weighted by atomic mass is 16.3. The Morgan fingerprint density at radius 1 is 0.435 bits per heavy atom. The van der Waals surface area contributed by atoms with Crippen LogP contribution in [0.5, 0.6) is 11.5 Å². The Labute approximate surface area is 366 Å². The van der Waals surface area contributed by atoms with E-state index in [2.05, 4.69) is 60.7 Å². The zero-order chi connectivity index (χ0) is 43.0. The maximum atomic E-state index is 11.7. The highest BCUT2D eigenvalue weighted by Crippen LogP contribution is 2.58. The van der Waals surface area contributed by atoms with E-state index in [-0.39, 0.29) is 22.7 Å². The second kappa shape index (κ2) is 17.1. The number of benzene rings is 6. The number of hydrogen-bond donors (Lipinski definition) is 6. The molecule has 0 aliphatic heterocycles. The number of phenols is 2. The number of aliphatic hydroxyl groups excluding tert-OH is 2. The van der Waals surface area contributed by atoms with Gasteiger partial charge in [-0.3, -0.25) is 0 Å². The molecule has 0 spiro atoms. The molecule has 62 heavy (non-hydrogen) atoms. The molecule has 0 saturated heterocycles. The molecule has 6 heteroatoms. The van der Waals surface area contributed by atoms with Crippen LogP contribution in [-0.2, 0) is 47.7 Å². The van der Waals surface area contributed by atoms with Gasteiger partial charge >= 0.3 is 0 Å². The Balaban J connectivity index is 0.000000158. The van der Waals surface area contributed by atoms with Crippen molar-refractivity contribution in [1.29, 1.82) is 0 Å². The number of aliphatic hydroxyl groups is 4. The van der Waals surface area contributed by atoms with E-state index in [0.29, 0.717) is 37.2 Å². The molecule has 8 atom stereocenters. The van der Waals surface area contributed by atoms with Crippen LogP contribution in [0.1, 0.15) is 95.9 Å². The number of rotatable bonds is 6. The van der Waals surface area contributed by atoms with Gasteiger partial charge in [0.2, 0.25) is 0 Å². The lowest BCUT2D eigenvalue weighted by atomic mass is 9.54. The summed E-state index contributed by atoms with van der Waals surface area (Å²) in [4.78, 5) is 0. The van der Waals surface area contributed by atoms with Crippen LogP contribution in [0.4, 0.5) is 0 Å². The van der Waals surface area contributed by atoms with E-state index in [9.17, 15) is 30.6 Å². The van der Waals surface area contributed by atoms with Gasteiger partial charge in [0.05, 0.1) is 12.2 Å². The maximum absolute atomic E-state index is 11.7. The van der Waals surface area contributed by atoms with Crippen molar-refractivity contribution in [2.75, 3.05) is 0 Å². The van der Waals surface area contributed by atoms with Crippen LogP contribution in [0.25, 0.3) is 0 Å². The summed E-state index contributed by atoms with van der Waals surface area (Å²) in [6, 6.07) is 51.7. The van der Waals surface area contributed by atoms with Crippen molar-refractivity contribution in [2.24, 2.45) is 11.8 Å². The molecular formula is C56H60O6. The SMILES string of the molecule is Oc1ccc2c(c1)CCC[C@@H]1C[C@](O)(c3ccccc3)[C@@H](O)C[C@]21Cc1ccccc1.Oc1ccc2c(c1)CCC[C@H]1C[C@@](O)(c3ccccc3)[C@H](O)C[C@@]21Cc1ccccc1. The summed E-state index contributed by atoms with van der Waals surface area (Å²) in [5, 5.41) is 66.6. The second-order valence-electron chi connectivity index (χ2n) is 18.9. The molecule has 2 fully saturated rings. The molecule has 0 bridgehead atoms. The summed E-state index contributed by atoms with van der Waals surface area (Å²) in [5.41, 5.74) is 5.85. The molecule has 0 aromatic heterocycles. The molecule has 0 amide bonds. The van der Waals surface area contributed by atoms with Gasteiger partial charge in [0.15, 0.2) is 0 Å². The van der Waals surface area contributed by atoms with Crippen molar-refractivity contribution in [3.8, 4) is 11.5 Å². The molecule has 0 heterocycles. The van der Waals surface area contributed by atoms with Crippen molar-refractivity contribution >= 4 is 0 Å². The van der Waals surface area contributed by atoms with Crippen molar-refractivity contribution in [3.05, 3.63) is 202 Å². The molecule has 10 rings (SSSR count). The first kappa shape index (κ1) is 42.1. The predicted molar refractivity (Wildman–Crippen MR) is 244 cm³/mol. The Kier molecular flexibility index (Phi) is 11.6. The van der Waals surface area contributed by atoms with Gasteiger partial charge in [-0.15, -0.1) is 0 Å². The van der Waals surface area contributed by atoms with E-state index in [0.717, 1.165) is 62.5 Å². The number of fused-ring (bicyclic) bond motifs is 6. The zero-order valence-corrected chi connectivity index (χ0v) is 35.5. The van der Waals surface area contributed by atoms with Crippen molar-refractivity contribution in [3.63, 3.8) is 0 Å². The lowest BCUT2D eigenvalue weighted by Gasteiger charge is -2.53. The highest BCUT2D eigenvalue weighted by molar-refractivity contribution is 5.46. The largest absolute Gasteiger partial charge is 0.508 e. The third-order valence-electron chi connectivity index (χ3n) is 15.4. The van der Waals surface area contributed by atoms with E-state index < -0.39 is 23.4 Å². The average molecular weight is 829 g/mol. The minimum absolute atomic E-state index is 0.229. The first-order chi connectivity index (χ1) is 30.0. The third kappa shape index (κ3) is 7.77. The normalized spacial score (nSPS) is 30.1. The molecule has 6 N–H and O–H groups in total. The van der Waals surface area contributed by atoms with Crippen LogP contribution >= 0.6 is 0 Å². The monoisotopic (exact) mass is 828 g/mol. The van der Waals surface area contributed by atoms with Crippen molar-refractivity contribution in [2.45, 2.75) is 111 Å². The van der Waals surface area contributed by atoms with Gasteiger partial charge in [-0.25, -0.2) is 0 Å². The Bertz CT molecular complexity index is 2270. The Hall–Kier alpha value is -5.24. The minimum atomic E-state index is -1.24. The number of aryl methyl sites for hydroxylation is 2. The lowest BCUT2D eigenvalue weighted by molar-refractivity contribution is -0.143. The fourth-order valence-electron chi connectivity index (χ4n) is 12.4. The standard InChI is InChI=1S/2C28H30O3/c2*29-24-14-15-25-21(16-24)10-7-13-23-18-28(31,22-11-5-2-6-12-22)26(30)19-27(23,25)17-20-8-3-1-4-9-20/h2*1-6,8-9,11-12,14-16,23,26,29-31H,7,10,13,17-19H2/t2*23-,26+,27+,28+/m10/s1. The van der Waals surface area contributed by atoms with E-state index in [1.807, 2.05) is 84.9 Å². The van der Waals surface area contributed by atoms with Crippen LogP contribution in [0.15, 0.2) is 158 Å². The van der Waals surface area contributed by atoms with E-state index in [1.165, 1.54) is 33.4 Å². The minimum Gasteiger partial charge on any atom is -0.508 e. The molecule has 6 aromatic carbocycles. The van der Waals surface area contributed by atoms with Gasteiger partial charge < -0.3 is 30.6 Å². The molecule has 6 aromatic rings. The molecular weight excluding hydrogens is 769 g/mol. The summed E-state index contributed by atoms with van der Waals surface area (Å²) in [7, 11) is 0. The van der Waals surface area contributed by atoms with Gasteiger partial charge in [0, 0.05) is 10.8 Å². The molecule has 0 unspecified atom stereocenters. The lowest BCUT2D eigenvalue weighted by Crippen LogP contribution is -2.55. The van der Waals surface area contributed by atoms with E-state index in [4.69, 9.17) is 0 Å². The van der Waals surface area contributed by atoms with Crippen LogP contribution in [0, 0.1) is 11.8 Å². The van der Waals surface area contributed by atoms with Gasteiger partial charge in [0.25, 0.3) is 0 Å². The quantitative estimate of drug-likeness (QED) is 0.0995. The zero-order valence-electron chi connectivity index (χ0n) is 35.5. The maximum Gasteiger partial charge on any atom is 0.116 e.